The normalized spacial score (nSPS) is 14.2. The number of amides is 1. The summed E-state index contributed by atoms with van der Waals surface area (Å²) in [7, 11) is 0. The highest BCUT2D eigenvalue weighted by molar-refractivity contribution is 5.93. The highest BCUT2D eigenvalue weighted by Crippen LogP contribution is 2.34. The molecular weight excluding hydrogens is 878 g/mol. The van der Waals surface area contributed by atoms with Crippen LogP contribution in [0.25, 0.3) is 0 Å². The molecule has 2 saturated heterocycles. The predicted octanol–water partition coefficient (Wildman–Crippen LogP) is 6.14. The second-order valence-corrected chi connectivity index (χ2v) is 18.2. The Kier molecular flexibility index (Phi) is 19.1. The van der Waals surface area contributed by atoms with Gasteiger partial charge in [-0.1, -0.05) is 41.5 Å². The van der Waals surface area contributed by atoms with Crippen LogP contribution in [0.15, 0.2) is 6.07 Å². The lowest BCUT2D eigenvalue weighted by Gasteiger charge is -2.41. The van der Waals surface area contributed by atoms with E-state index >= 15 is 0 Å². The van der Waals surface area contributed by atoms with E-state index in [1.807, 2.05) is 51.3 Å². The van der Waals surface area contributed by atoms with Crippen molar-refractivity contribution in [2.75, 3.05) is 42.6 Å². The Bertz CT molecular complexity index is 2130. The number of carbonyl (C=O) groups excluding carboxylic acids is 2. The fraction of sp³-hybridized carbons (Fsp3) is 0.585. The van der Waals surface area contributed by atoms with Crippen molar-refractivity contribution in [3.05, 3.63) is 45.3 Å². The lowest BCUT2D eigenvalue weighted by molar-refractivity contribution is -0.193. The van der Waals surface area contributed by atoms with Crippen molar-refractivity contribution in [1.29, 1.82) is 10.5 Å². The Morgan fingerprint density at radius 2 is 1.25 bits per heavy atom. The van der Waals surface area contributed by atoms with Gasteiger partial charge in [-0.15, -0.1) is 0 Å². The van der Waals surface area contributed by atoms with Gasteiger partial charge < -0.3 is 45.6 Å². The number of aromatic nitrogens is 2. The zero-order valence-corrected chi connectivity index (χ0v) is 37.7. The summed E-state index contributed by atoms with van der Waals surface area (Å²) in [5.74, 6) is -5.97. The molecule has 0 radical (unpaired) electrons. The first kappa shape index (κ1) is 56.6. The lowest BCUT2D eigenvalue weighted by atomic mass is 9.83. The van der Waals surface area contributed by atoms with Crippen LogP contribution in [0.2, 0.25) is 0 Å². The molecule has 1 amide bonds. The number of alkyl carbamates (subject to hydrolysis) is 1. The van der Waals surface area contributed by atoms with Crippen LogP contribution >= 0.6 is 0 Å². The van der Waals surface area contributed by atoms with Gasteiger partial charge in [-0.2, -0.15) is 36.9 Å². The molecule has 4 rings (SSSR count). The molecule has 2 aromatic rings. The summed E-state index contributed by atoms with van der Waals surface area (Å²) in [6.45, 7) is 23.4. The molecule has 0 spiro atoms. The number of ether oxygens (including phenoxy) is 2. The number of esters is 1. The molecule has 4 heterocycles. The van der Waals surface area contributed by atoms with Gasteiger partial charge in [-0.25, -0.2) is 33.9 Å². The van der Waals surface area contributed by atoms with Crippen molar-refractivity contribution in [3.8, 4) is 12.1 Å². The number of nitrogens with one attached hydrogen (secondary N) is 1. The third kappa shape index (κ3) is 18.7. The summed E-state index contributed by atoms with van der Waals surface area (Å²) < 4.78 is 74.0. The van der Waals surface area contributed by atoms with Crippen molar-refractivity contribution in [2.45, 2.75) is 113 Å². The van der Waals surface area contributed by atoms with Gasteiger partial charge in [0.2, 0.25) is 0 Å². The van der Waals surface area contributed by atoms with Gasteiger partial charge in [0.25, 0.3) is 0 Å². The topological polar surface area (TPSA) is 282 Å². The number of hydrogen-bond acceptors (Lipinski definition) is 14. The van der Waals surface area contributed by atoms with Crippen molar-refractivity contribution in [2.24, 2.45) is 16.6 Å². The number of nitrogens with zero attached hydrogens (tertiary/aromatic N) is 6. The first-order chi connectivity index (χ1) is 29.3. The number of pyridine rings is 2. The van der Waals surface area contributed by atoms with E-state index in [9.17, 15) is 56.4 Å². The number of carboxylic acid groups (broad SMARTS) is 3. The molecule has 2 aromatic heterocycles. The van der Waals surface area contributed by atoms with E-state index in [0.29, 0.717) is 84.5 Å². The van der Waals surface area contributed by atoms with Crippen LogP contribution in [0, 0.1) is 47.3 Å². The molecular formula is C41H54F6N8O10. The minimum absolute atomic E-state index is 0.101. The maximum atomic E-state index is 12.2. The van der Waals surface area contributed by atoms with E-state index in [2.05, 4.69) is 27.4 Å². The Balaban J connectivity index is 0.000000512. The number of aromatic carboxylic acids is 1. The summed E-state index contributed by atoms with van der Waals surface area (Å²) in [6.07, 6.45) is -10.2. The number of carbonyl (C=O) groups is 5. The van der Waals surface area contributed by atoms with Crippen LogP contribution in [-0.4, -0.2) is 118 Å². The van der Waals surface area contributed by atoms with E-state index in [-0.39, 0.29) is 28.5 Å². The number of carboxylic acids is 3. The Hall–Kier alpha value is -6.43. The largest absolute Gasteiger partial charge is 0.490 e. The summed E-state index contributed by atoms with van der Waals surface area (Å²) in [5.41, 5.74) is 7.46. The van der Waals surface area contributed by atoms with Crippen LogP contribution in [-0.2, 0) is 25.5 Å². The molecule has 0 atom stereocenters. The second kappa shape index (κ2) is 22.0. The first-order valence-corrected chi connectivity index (χ1v) is 19.4. The van der Waals surface area contributed by atoms with E-state index in [4.69, 9.17) is 35.0 Å². The number of aliphatic carboxylic acids is 2. The van der Waals surface area contributed by atoms with E-state index in [0.717, 1.165) is 0 Å². The van der Waals surface area contributed by atoms with Crippen molar-refractivity contribution in [3.63, 3.8) is 0 Å². The maximum absolute atomic E-state index is 12.2. The SMILES string of the molecule is Cc1nc(N2CC(N)C2)c(C#N)cc1C(=O)OCC(C)(C)C.Cc1nc(N2CC(NC(=O)OC(C)(C)C)C2)c(C#N)c(CC(C)(C)C)c1C(=O)O.O=C(O)C(F)(F)F.O=C(O)C(F)(F)F. The zero-order chi connectivity index (χ0) is 50.8. The Labute approximate surface area is 371 Å². The first-order valence-electron chi connectivity index (χ1n) is 19.4. The number of halogens is 6. The van der Waals surface area contributed by atoms with Gasteiger partial charge in [0, 0.05) is 32.2 Å². The van der Waals surface area contributed by atoms with Crippen molar-refractivity contribution >= 4 is 41.6 Å². The van der Waals surface area contributed by atoms with Gasteiger partial charge >= 0.3 is 42.3 Å². The minimum Gasteiger partial charge on any atom is -0.478 e. The molecule has 18 nitrogen and oxygen atoms in total. The van der Waals surface area contributed by atoms with E-state index in [1.165, 1.54) is 0 Å². The molecule has 0 saturated carbocycles. The molecule has 6 N–H and O–H groups in total. The molecule has 0 aliphatic carbocycles. The van der Waals surface area contributed by atoms with Crippen molar-refractivity contribution < 1.29 is 75.1 Å². The second-order valence-electron chi connectivity index (χ2n) is 18.2. The average molecular weight is 933 g/mol. The quantitative estimate of drug-likeness (QED) is 0.154. The number of nitrogens with two attached hydrogens (primary N) is 1. The standard InChI is InChI=1S/C21H30N4O4.C16H22N4O2.2C2HF3O2/c1-12-16(18(26)27)14(8-20(2,3)4)15(9-22)17(23-12)25-10-13(11-25)24-19(28)29-21(5,6)7;1-10-13(15(21)22-9-16(2,3)4)5-11(6-17)14(19-10)20-7-12(18)8-20;2*3-2(4,5)1(6)7/h13H,8,10-11H2,1-7H3,(H,24,28)(H,26,27);5,12H,7-9,18H2,1-4H3;2*(H,6,7). The van der Waals surface area contributed by atoms with Gasteiger partial charge in [-0.3, -0.25) is 0 Å². The zero-order valence-electron chi connectivity index (χ0n) is 37.7. The smallest absolute Gasteiger partial charge is 0.478 e. The van der Waals surface area contributed by atoms with Gasteiger partial charge in [0.15, 0.2) is 0 Å². The summed E-state index contributed by atoms with van der Waals surface area (Å²) >= 11 is 0. The molecule has 65 heavy (non-hydrogen) atoms. The third-order valence-corrected chi connectivity index (χ3v) is 8.26. The summed E-state index contributed by atoms with van der Waals surface area (Å²) in [6, 6.07) is 5.82. The molecule has 360 valence electrons. The molecule has 0 unspecified atom stereocenters. The molecule has 24 heteroatoms. The number of alkyl halides is 6. The summed E-state index contributed by atoms with van der Waals surface area (Å²) in [5, 5.41) is 45.8. The minimum atomic E-state index is -5.08. The highest BCUT2D eigenvalue weighted by Gasteiger charge is 2.39. The number of aryl methyl sites for hydroxylation is 2. The number of nitriles is 2. The molecule has 2 aliphatic heterocycles. The van der Waals surface area contributed by atoms with Crippen LogP contribution in [0.5, 0.6) is 0 Å². The number of hydrogen-bond donors (Lipinski definition) is 5. The maximum Gasteiger partial charge on any atom is 0.490 e. The molecule has 2 fully saturated rings. The summed E-state index contributed by atoms with van der Waals surface area (Å²) in [4.78, 5) is 66.4. The van der Waals surface area contributed by atoms with E-state index < -0.39 is 47.9 Å². The van der Waals surface area contributed by atoms with Crippen LogP contribution in [0.3, 0.4) is 0 Å². The molecule has 0 aromatic carbocycles. The average Bonchev–Trinajstić information content (AvgIpc) is 3.08. The number of anilines is 2. The monoisotopic (exact) mass is 932 g/mol. The fourth-order valence-electron chi connectivity index (χ4n) is 5.47. The van der Waals surface area contributed by atoms with Gasteiger partial charge in [0.1, 0.15) is 29.4 Å². The predicted molar refractivity (Wildman–Crippen MR) is 220 cm³/mol. The lowest BCUT2D eigenvalue weighted by Crippen LogP contribution is -2.60. The molecule has 2 aliphatic rings. The van der Waals surface area contributed by atoms with Gasteiger partial charge in [0.05, 0.1) is 46.3 Å². The highest BCUT2D eigenvalue weighted by atomic mass is 19.4. The third-order valence-electron chi connectivity index (χ3n) is 8.26. The van der Waals surface area contributed by atoms with E-state index in [1.54, 1.807) is 40.7 Å². The molecule has 0 bridgehead atoms. The van der Waals surface area contributed by atoms with Crippen LogP contribution in [0.4, 0.5) is 42.8 Å². The van der Waals surface area contributed by atoms with Crippen LogP contribution in [0.1, 0.15) is 111 Å². The van der Waals surface area contributed by atoms with Gasteiger partial charge in [-0.05, 0) is 63.5 Å². The Morgan fingerprint density at radius 1 is 0.785 bits per heavy atom. The fourth-order valence-corrected chi connectivity index (χ4v) is 5.47. The van der Waals surface area contributed by atoms with Crippen molar-refractivity contribution in [1.82, 2.24) is 15.3 Å². The van der Waals surface area contributed by atoms with Crippen LogP contribution < -0.4 is 20.9 Å². The Morgan fingerprint density at radius 3 is 1.62 bits per heavy atom. The number of rotatable bonds is 7.